The highest BCUT2D eigenvalue weighted by Crippen LogP contribution is 2.32. The van der Waals surface area contributed by atoms with Gasteiger partial charge in [-0.25, -0.2) is 0 Å². The highest BCUT2D eigenvalue weighted by atomic mass is 16.3. The second kappa shape index (κ2) is 6.16. The minimum Gasteiger partial charge on any atom is -0.467 e. The average Bonchev–Trinajstić information content (AvgIpc) is 3.20. The number of amides is 1. The van der Waals surface area contributed by atoms with Gasteiger partial charge in [0.15, 0.2) is 0 Å². The van der Waals surface area contributed by atoms with Crippen molar-refractivity contribution in [1.29, 1.82) is 0 Å². The summed E-state index contributed by atoms with van der Waals surface area (Å²) in [4.78, 5) is 13.9. The molecule has 1 fully saturated rings. The van der Waals surface area contributed by atoms with Gasteiger partial charge in [-0.1, -0.05) is 12.8 Å². The van der Waals surface area contributed by atoms with Gasteiger partial charge in [0.1, 0.15) is 12.3 Å². The van der Waals surface area contributed by atoms with Crippen LogP contribution in [-0.4, -0.2) is 27.6 Å². The summed E-state index contributed by atoms with van der Waals surface area (Å²) in [5, 5.41) is 4.56. The van der Waals surface area contributed by atoms with Crippen LogP contribution in [0, 0.1) is 0 Å². The lowest BCUT2D eigenvalue weighted by atomic mass is 10.1. The topological polar surface area (TPSA) is 51.3 Å². The van der Waals surface area contributed by atoms with E-state index in [-0.39, 0.29) is 12.5 Å². The number of nitrogens with zero attached hydrogens (tertiary/aromatic N) is 3. The number of hydrogen-bond donors (Lipinski definition) is 0. The smallest absolute Gasteiger partial charge is 0.244 e. The molecule has 21 heavy (non-hydrogen) atoms. The van der Waals surface area contributed by atoms with Crippen LogP contribution in [0.15, 0.2) is 35.1 Å². The molecule has 0 radical (unpaired) electrons. The van der Waals surface area contributed by atoms with Gasteiger partial charge in [-0.3, -0.25) is 9.48 Å². The van der Waals surface area contributed by atoms with Crippen LogP contribution in [0.3, 0.4) is 0 Å². The maximum atomic E-state index is 12.2. The van der Waals surface area contributed by atoms with Crippen molar-refractivity contribution >= 4 is 5.91 Å². The van der Waals surface area contributed by atoms with Crippen molar-refractivity contribution in [3.8, 4) is 0 Å². The molecule has 0 saturated heterocycles. The molecule has 0 aliphatic heterocycles. The fraction of sp³-hybridized carbons (Fsp3) is 0.500. The molecular formula is C16H21N3O2. The Bertz CT molecular complexity index is 582. The number of likely N-dealkylation sites (N-methyl/N-ethyl adjacent to an activating group) is 1. The second-order valence-electron chi connectivity index (χ2n) is 5.75. The van der Waals surface area contributed by atoms with Crippen molar-refractivity contribution in [1.82, 2.24) is 14.7 Å². The molecule has 5 heteroatoms. The Kier molecular flexibility index (Phi) is 4.08. The first-order chi connectivity index (χ1) is 10.2. The molecule has 1 aliphatic carbocycles. The minimum absolute atomic E-state index is 0.0347. The fourth-order valence-electron chi connectivity index (χ4n) is 2.89. The predicted octanol–water partition coefficient (Wildman–Crippen LogP) is 2.79. The lowest BCUT2D eigenvalue weighted by Crippen LogP contribution is -2.29. The van der Waals surface area contributed by atoms with Gasteiger partial charge >= 0.3 is 0 Å². The van der Waals surface area contributed by atoms with Crippen molar-refractivity contribution in [3.05, 3.63) is 42.1 Å². The molecular weight excluding hydrogens is 266 g/mol. The number of hydrogen-bond acceptors (Lipinski definition) is 3. The van der Waals surface area contributed by atoms with E-state index in [1.165, 1.54) is 25.7 Å². The number of rotatable bonds is 5. The Balaban J connectivity index is 1.56. The van der Waals surface area contributed by atoms with Crippen molar-refractivity contribution in [2.75, 3.05) is 7.05 Å². The summed E-state index contributed by atoms with van der Waals surface area (Å²) in [5.74, 6) is 1.41. The third-order valence-electron chi connectivity index (χ3n) is 4.13. The molecule has 5 nitrogen and oxygen atoms in total. The van der Waals surface area contributed by atoms with Gasteiger partial charge in [-0.15, -0.1) is 0 Å². The monoisotopic (exact) mass is 287 g/mol. The van der Waals surface area contributed by atoms with E-state index in [1.54, 1.807) is 22.9 Å². The molecule has 2 aromatic heterocycles. The zero-order valence-electron chi connectivity index (χ0n) is 12.4. The Morgan fingerprint density at radius 1 is 1.43 bits per heavy atom. The van der Waals surface area contributed by atoms with E-state index in [9.17, 15) is 4.79 Å². The summed E-state index contributed by atoms with van der Waals surface area (Å²) in [7, 11) is 1.78. The molecule has 3 rings (SSSR count). The average molecular weight is 287 g/mol. The van der Waals surface area contributed by atoms with Crippen molar-refractivity contribution in [2.24, 2.45) is 0 Å². The van der Waals surface area contributed by atoms with Gasteiger partial charge in [0.05, 0.1) is 18.5 Å². The molecule has 0 spiro atoms. The molecule has 0 bridgehead atoms. The molecule has 1 amide bonds. The van der Waals surface area contributed by atoms with Gasteiger partial charge in [0, 0.05) is 19.2 Å². The van der Waals surface area contributed by atoms with E-state index >= 15 is 0 Å². The summed E-state index contributed by atoms with van der Waals surface area (Å²) in [6, 6.07) is 5.75. The van der Waals surface area contributed by atoms with Crippen LogP contribution < -0.4 is 0 Å². The Morgan fingerprint density at radius 3 is 2.95 bits per heavy atom. The summed E-state index contributed by atoms with van der Waals surface area (Å²) < 4.78 is 7.00. The molecule has 0 unspecified atom stereocenters. The zero-order valence-corrected chi connectivity index (χ0v) is 12.4. The van der Waals surface area contributed by atoms with E-state index in [0.717, 1.165) is 11.5 Å². The summed E-state index contributed by atoms with van der Waals surface area (Å²) in [6.07, 6.45) is 8.57. The van der Waals surface area contributed by atoms with Crippen molar-refractivity contribution in [3.63, 3.8) is 0 Å². The molecule has 1 saturated carbocycles. The highest BCUT2D eigenvalue weighted by molar-refractivity contribution is 5.75. The first kappa shape index (κ1) is 13.9. The highest BCUT2D eigenvalue weighted by Gasteiger charge is 2.20. The van der Waals surface area contributed by atoms with E-state index in [0.29, 0.717) is 12.5 Å². The quantitative estimate of drug-likeness (QED) is 0.849. The standard InChI is InChI=1S/C16H21N3O2/c1-18(11-14-7-4-10-21-14)16(20)12-19-9-8-15(17-19)13-5-2-3-6-13/h4,7-10,13H,2-3,5-6,11-12H2,1H3. The van der Waals surface area contributed by atoms with Gasteiger partial charge in [0.2, 0.25) is 5.91 Å². The summed E-state index contributed by atoms with van der Waals surface area (Å²) >= 11 is 0. The van der Waals surface area contributed by atoms with E-state index < -0.39 is 0 Å². The fourth-order valence-corrected chi connectivity index (χ4v) is 2.89. The van der Waals surface area contributed by atoms with Crippen molar-refractivity contribution < 1.29 is 9.21 Å². The molecule has 0 aromatic carbocycles. The molecule has 2 heterocycles. The van der Waals surface area contributed by atoms with Crippen LogP contribution in [-0.2, 0) is 17.9 Å². The number of aromatic nitrogens is 2. The first-order valence-electron chi connectivity index (χ1n) is 7.52. The van der Waals surface area contributed by atoms with E-state index in [4.69, 9.17) is 4.42 Å². The second-order valence-corrected chi connectivity index (χ2v) is 5.75. The summed E-state index contributed by atoms with van der Waals surface area (Å²) in [6.45, 7) is 0.770. The Labute approximate surface area is 124 Å². The molecule has 0 N–H and O–H groups in total. The lowest BCUT2D eigenvalue weighted by molar-refractivity contribution is -0.131. The lowest BCUT2D eigenvalue weighted by Gasteiger charge is -2.15. The van der Waals surface area contributed by atoms with Crippen LogP contribution >= 0.6 is 0 Å². The predicted molar refractivity (Wildman–Crippen MR) is 78.6 cm³/mol. The van der Waals surface area contributed by atoms with Crippen LogP contribution in [0.2, 0.25) is 0 Å². The van der Waals surface area contributed by atoms with Gasteiger partial charge in [0.25, 0.3) is 0 Å². The van der Waals surface area contributed by atoms with Crippen molar-refractivity contribution in [2.45, 2.75) is 44.7 Å². The molecule has 0 atom stereocenters. The van der Waals surface area contributed by atoms with E-state index in [2.05, 4.69) is 11.2 Å². The van der Waals surface area contributed by atoms with Crippen LogP contribution in [0.25, 0.3) is 0 Å². The van der Waals surface area contributed by atoms with Crippen LogP contribution in [0.4, 0.5) is 0 Å². The number of carbonyl (C=O) groups excluding carboxylic acids is 1. The maximum absolute atomic E-state index is 12.2. The van der Waals surface area contributed by atoms with Gasteiger partial charge < -0.3 is 9.32 Å². The molecule has 2 aromatic rings. The normalized spacial score (nSPS) is 15.5. The third-order valence-corrected chi connectivity index (χ3v) is 4.13. The SMILES string of the molecule is CN(Cc1ccco1)C(=O)Cn1ccc(C2CCCC2)n1. The Morgan fingerprint density at radius 2 is 2.24 bits per heavy atom. The zero-order chi connectivity index (χ0) is 14.7. The summed E-state index contributed by atoms with van der Waals surface area (Å²) in [5.41, 5.74) is 1.13. The van der Waals surface area contributed by atoms with Crippen LogP contribution in [0.5, 0.6) is 0 Å². The van der Waals surface area contributed by atoms with Gasteiger partial charge in [-0.2, -0.15) is 5.10 Å². The Hall–Kier alpha value is -2.04. The first-order valence-corrected chi connectivity index (χ1v) is 7.52. The maximum Gasteiger partial charge on any atom is 0.244 e. The minimum atomic E-state index is 0.0347. The molecule has 1 aliphatic rings. The number of carbonyl (C=O) groups is 1. The van der Waals surface area contributed by atoms with Gasteiger partial charge in [-0.05, 0) is 31.0 Å². The van der Waals surface area contributed by atoms with Crippen LogP contribution in [0.1, 0.15) is 43.1 Å². The molecule has 112 valence electrons. The third kappa shape index (κ3) is 3.35. The van der Waals surface area contributed by atoms with E-state index in [1.807, 2.05) is 18.3 Å². The number of furan rings is 1. The largest absolute Gasteiger partial charge is 0.467 e.